The molecule has 1 rings (SSSR count). The van der Waals surface area contributed by atoms with Crippen LogP contribution >= 0.6 is 0 Å². The van der Waals surface area contributed by atoms with Crippen molar-refractivity contribution in [2.24, 2.45) is 0 Å². The first-order valence-electron chi connectivity index (χ1n) is 5.95. The van der Waals surface area contributed by atoms with E-state index in [2.05, 4.69) is 0 Å². The lowest BCUT2D eigenvalue weighted by molar-refractivity contribution is -0.384. The molecule has 0 spiro atoms. The first kappa shape index (κ1) is 14.4. The van der Waals surface area contributed by atoms with Gasteiger partial charge in [-0.2, -0.15) is 0 Å². The summed E-state index contributed by atoms with van der Waals surface area (Å²) in [6.45, 7) is 5.93. The largest absolute Gasteiger partial charge is 0.392 e. The summed E-state index contributed by atoms with van der Waals surface area (Å²) in [5, 5.41) is 20.2. The van der Waals surface area contributed by atoms with Crippen molar-refractivity contribution < 1.29 is 10.0 Å². The fourth-order valence-electron chi connectivity index (χ4n) is 1.66. The van der Waals surface area contributed by atoms with Gasteiger partial charge in [-0.05, 0) is 31.9 Å². The van der Waals surface area contributed by atoms with Crippen LogP contribution in [0.5, 0.6) is 0 Å². The zero-order chi connectivity index (χ0) is 13.9. The van der Waals surface area contributed by atoms with Crippen molar-refractivity contribution in [2.75, 3.05) is 11.9 Å². The Labute approximate surface area is 107 Å². The predicted octanol–water partition coefficient (Wildman–Crippen LogP) is 2.71. The smallest absolute Gasteiger partial charge is 0.292 e. The minimum Gasteiger partial charge on any atom is -0.392 e. The van der Waals surface area contributed by atoms with Crippen LogP contribution in [0.25, 0.3) is 0 Å². The van der Waals surface area contributed by atoms with Crippen molar-refractivity contribution in [3.8, 4) is 0 Å². The number of aliphatic hydroxyl groups is 1. The van der Waals surface area contributed by atoms with Crippen molar-refractivity contribution in [1.82, 2.24) is 0 Å². The van der Waals surface area contributed by atoms with Crippen molar-refractivity contribution in [3.05, 3.63) is 33.9 Å². The van der Waals surface area contributed by atoms with Crippen LogP contribution in [-0.2, 0) is 6.61 Å². The van der Waals surface area contributed by atoms with Crippen LogP contribution in [0.15, 0.2) is 18.2 Å². The quantitative estimate of drug-likeness (QED) is 0.646. The number of nitrogens with zero attached hydrogens (tertiary/aromatic N) is 2. The van der Waals surface area contributed by atoms with Crippen LogP contribution in [0.1, 0.15) is 32.8 Å². The molecule has 0 amide bonds. The highest BCUT2D eigenvalue weighted by Gasteiger charge is 2.27. The molecule has 0 saturated heterocycles. The van der Waals surface area contributed by atoms with Crippen LogP contribution in [0.4, 0.5) is 11.4 Å². The Morgan fingerprint density at radius 2 is 2.06 bits per heavy atom. The summed E-state index contributed by atoms with van der Waals surface area (Å²) in [6.07, 6.45) is 0.877. The van der Waals surface area contributed by atoms with E-state index in [0.717, 1.165) is 6.42 Å². The van der Waals surface area contributed by atoms with Gasteiger partial charge in [0, 0.05) is 18.7 Å². The highest BCUT2D eigenvalue weighted by molar-refractivity contribution is 5.65. The molecular weight excluding hydrogens is 232 g/mol. The fourth-order valence-corrected chi connectivity index (χ4v) is 1.66. The third kappa shape index (κ3) is 2.79. The molecule has 1 N–H and O–H groups in total. The number of nitro benzene ring substituents is 1. The van der Waals surface area contributed by atoms with Crippen LogP contribution in [0.3, 0.4) is 0 Å². The Hall–Kier alpha value is -1.62. The summed E-state index contributed by atoms with van der Waals surface area (Å²) in [7, 11) is 1.85. The van der Waals surface area contributed by atoms with E-state index in [4.69, 9.17) is 5.11 Å². The van der Waals surface area contributed by atoms with E-state index in [1.165, 1.54) is 6.07 Å². The van der Waals surface area contributed by atoms with Crippen molar-refractivity contribution in [1.29, 1.82) is 0 Å². The second kappa shape index (κ2) is 5.35. The van der Waals surface area contributed by atoms with Gasteiger partial charge in [0.05, 0.1) is 11.5 Å². The Bertz CT molecular complexity index is 444. The molecule has 0 saturated carbocycles. The van der Waals surface area contributed by atoms with Gasteiger partial charge in [0.2, 0.25) is 0 Å². The van der Waals surface area contributed by atoms with E-state index in [0.29, 0.717) is 11.3 Å². The van der Waals surface area contributed by atoms with Crippen LogP contribution in [-0.4, -0.2) is 22.6 Å². The van der Waals surface area contributed by atoms with E-state index in [1.807, 2.05) is 32.7 Å². The maximum absolute atomic E-state index is 11.1. The molecule has 0 aromatic heterocycles. The molecule has 5 nitrogen and oxygen atoms in total. The monoisotopic (exact) mass is 252 g/mol. The Morgan fingerprint density at radius 1 is 1.44 bits per heavy atom. The van der Waals surface area contributed by atoms with E-state index in [9.17, 15) is 10.1 Å². The van der Waals surface area contributed by atoms with Crippen molar-refractivity contribution in [2.45, 2.75) is 39.3 Å². The van der Waals surface area contributed by atoms with E-state index >= 15 is 0 Å². The number of anilines is 1. The van der Waals surface area contributed by atoms with Gasteiger partial charge in [-0.1, -0.05) is 13.0 Å². The number of rotatable bonds is 5. The topological polar surface area (TPSA) is 66.6 Å². The lowest BCUT2D eigenvalue weighted by Crippen LogP contribution is -2.40. The van der Waals surface area contributed by atoms with Gasteiger partial charge in [-0.25, -0.2) is 0 Å². The molecule has 0 bridgehead atoms. The standard InChI is InChI=1S/C13H20N2O3/c1-5-13(2,3)14(4)11-7-6-10(9-16)8-12(11)15(17)18/h6-8,16H,5,9H2,1-4H3. The molecule has 0 aliphatic carbocycles. The summed E-state index contributed by atoms with van der Waals surface area (Å²) < 4.78 is 0. The first-order chi connectivity index (χ1) is 8.33. The highest BCUT2D eigenvalue weighted by atomic mass is 16.6. The molecule has 5 heteroatoms. The normalized spacial score (nSPS) is 11.4. The Kier molecular flexibility index (Phi) is 4.29. The average molecular weight is 252 g/mol. The number of benzene rings is 1. The Morgan fingerprint density at radius 3 is 2.50 bits per heavy atom. The van der Waals surface area contributed by atoms with Crippen molar-refractivity contribution >= 4 is 11.4 Å². The number of hydrogen-bond donors (Lipinski definition) is 1. The zero-order valence-electron chi connectivity index (χ0n) is 11.3. The summed E-state index contributed by atoms with van der Waals surface area (Å²) in [5.74, 6) is 0. The molecule has 0 radical (unpaired) electrons. The maximum Gasteiger partial charge on any atom is 0.292 e. The minimum atomic E-state index is -0.406. The molecule has 0 atom stereocenters. The number of hydrogen-bond acceptors (Lipinski definition) is 4. The predicted molar refractivity (Wildman–Crippen MR) is 71.8 cm³/mol. The SMILES string of the molecule is CCC(C)(C)N(C)c1ccc(CO)cc1[N+](=O)[O-]. The molecule has 18 heavy (non-hydrogen) atoms. The molecule has 0 heterocycles. The molecule has 1 aromatic carbocycles. The maximum atomic E-state index is 11.1. The lowest BCUT2D eigenvalue weighted by atomic mass is 9.98. The molecule has 0 unspecified atom stereocenters. The second-order valence-corrected chi connectivity index (χ2v) is 4.96. The first-order valence-corrected chi connectivity index (χ1v) is 5.95. The average Bonchev–Trinajstić information content (AvgIpc) is 2.36. The molecular formula is C13H20N2O3. The zero-order valence-corrected chi connectivity index (χ0v) is 11.3. The van der Waals surface area contributed by atoms with Crippen LogP contribution < -0.4 is 4.90 Å². The van der Waals surface area contributed by atoms with Gasteiger partial charge in [0.25, 0.3) is 5.69 Å². The number of aliphatic hydroxyl groups excluding tert-OH is 1. The van der Waals surface area contributed by atoms with E-state index < -0.39 is 4.92 Å². The number of nitro groups is 1. The summed E-state index contributed by atoms with van der Waals surface area (Å²) in [4.78, 5) is 12.6. The lowest BCUT2D eigenvalue weighted by Gasteiger charge is -2.36. The van der Waals surface area contributed by atoms with Gasteiger partial charge < -0.3 is 10.0 Å². The fraction of sp³-hybridized carbons (Fsp3) is 0.538. The second-order valence-electron chi connectivity index (χ2n) is 4.96. The van der Waals surface area contributed by atoms with Gasteiger partial charge in [-0.3, -0.25) is 10.1 Å². The molecule has 0 fully saturated rings. The molecule has 0 aliphatic rings. The summed E-state index contributed by atoms with van der Waals surface area (Å²) >= 11 is 0. The minimum absolute atomic E-state index is 0.0329. The molecule has 1 aromatic rings. The van der Waals surface area contributed by atoms with E-state index in [1.54, 1.807) is 12.1 Å². The highest BCUT2D eigenvalue weighted by Crippen LogP contribution is 2.33. The summed E-state index contributed by atoms with van der Waals surface area (Å²) in [6, 6.07) is 4.84. The van der Waals surface area contributed by atoms with Gasteiger partial charge in [0.1, 0.15) is 5.69 Å². The molecule has 100 valence electrons. The third-order valence-electron chi connectivity index (χ3n) is 3.55. The van der Waals surface area contributed by atoms with E-state index in [-0.39, 0.29) is 17.8 Å². The third-order valence-corrected chi connectivity index (χ3v) is 3.55. The summed E-state index contributed by atoms with van der Waals surface area (Å²) in [5.41, 5.74) is 0.994. The Balaban J connectivity index is 3.28. The molecule has 0 aliphatic heterocycles. The van der Waals surface area contributed by atoms with Crippen LogP contribution in [0.2, 0.25) is 0 Å². The van der Waals surface area contributed by atoms with Crippen molar-refractivity contribution in [3.63, 3.8) is 0 Å². The van der Waals surface area contributed by atoms with Gasteiger partial charge in [0.15, 0.2) is 0 Å². The van der Waals surface area contributed by atoms with Crippen LogP contribution in [0, 0.1) is 10.1 Å². The van der Waals surface area contributed by atoms with Gasteiger partial charge in [-0.15, -0.1) is 0 Å². The van der Waals surface area contributed by atoms with Gasteiger partial charge >= 0.3 is 0 Å².